The summed E-state index contributed by atoms with van der Waals surface area (Å²) in [6, 6.07) is 11.2. The highest BCUT2D eigenvalue weighted by Crippen LogP contribution is 2.29. The van der Waals surface area contributed by atoms with Gasteiger partial charge < -0.3 is 14.8 Å². The van der Waals surface area contributed by atoms with E-state index in [0.29, 0.717) is 30.2 Å². The topological polar surface area (TPSA) is 84.9 Å². The second-order valence-electron chi connectivity index (χ2n) is 7.65. The Morgan fingerprint density at radius 2 is 1.71 bits per heavy atom. The van der Waals surface area contributed by atoms with Gasteiger partial charge in [-0.25, -0.2) is 8.42 Å². The lowest BCUT2D eigenvalue weighted by molar-refractivity contribution is 0.0939. The molecule has 1 aliphatic heterocycles. The summed E-state index contributed by atoms with van der Waals surface area (Å²) in [5.41, 5.74) is 1.06. The predicted molar refractivity (Wildman–Crippen MR) is 119 cm³/mol. The van der Waals surface area contributed by atoms with Crippen LogP contribution in [-0.2, 0) is 10.0 Å². The van der Waals surface area contributed by atoms with Crippen LogP contribution in [0.2, 0.25) is 0 Å². The van der Waals surface area contributed by atoms with E-state index in [4.69, 9.17) is 9.47 Å². The molecule has 1 atom stereocenters. The van der Waals surface area contributed by atoms with Crippen LogP contribution in [-0.4, -0.2) is 45.9 Å². The van der Waals surface area contributed by atoms with Crippen molar-refractivity contribution in [3.63, 3.8) is 0 Å². The van der Waals surface area contributed by atoms with Crippen molar-refractivity contribution in [2.75, 3.05) is 27.3 Å². The molecule has 1 N–H and O–H groups in total. The van der Waals surface area contributed by atoms with Crippen LogP contribution < -0.4 is 14.8 Å². The Morgan fingerprint density at radius 1 is 1.00 bits per heavy atom. The van der Waals surface area contributed by atoms with Crippen molar-refractivity contribution in [1.29, 1.82) is 0 Å². The van der Waals surface area contributed by atoms with Gasteiger partial charge in [0, 0.05) is 24.2 Å². The molecule has 168 valence electrons. The molecular formula is C23H30N2O5S. The first-order valence-corrected chi connectivity index (χ1v) is 11.9. The number of ether oxygens (including phenoxy) is 2. The van der Waals surface area contributed by atoms with Gasteiger partial charge in [0.15, 0.2) is 0 Å². The smallest absolute Gasteiger partial charge is 0.251 e. The van der Waals surface area contributed by atoms with E-state index in [1.165, 1.54) is 10.4 Å². The summed E-state index contributed by atoms with van der Waals surface area (Å²) < 4.78 is 38.4. The van der Waals surface area contributed by atoms with E-state index in [1.54, 1.807) is 44.6 Å². The second-order valence-corrected chi connectivity index (χ2v) is 9.59. The van der Waals surface area contributed by atoms with Crippen molar-refractivity contribution in [3.05, 3.63) is 53.6 Å². The number of methoxy groups -OCH3 is 2. The number of hydrogen-bond acceptors (Lipinski definition) is 5. The normalized spacial score (nSPS) is 16.2. The lowest BCUT2D eigenvalue weighted by Crippen LogP contribution is -2.32. The third-order valence-corrected chi connectivity index (χ3v) is 7.44. The highest BCUT2D eigenvalue weighted by molar-refractivity contribution is 7.89. The number of sulfonamides is 1. The van der Waals surface area contributed by atoms with E-state index in [0.717, 1.165) is 31.2 Å². The molecule has 1 fully saturated rings. The number of nitrogens with one attached hydrogen (secondary N) is 1. The van der Waals surface area contributed by atoms with Crippen molar-refractivity contribution in [3.8, 4) is 11.5 Å². The number of nitrogens with zero attached hydrogens (tertiary/aromatic N) is 1. The average molecular weight is 447 g/mol. The van der Waals surface area contributed by atoms with Gasteiger partial charge in [0.2, 0.25) is 10.0 Å². The Balaban J connectivity index is 1.80. The van der Waals surface area contributed by atoms with Crippen LogP contribution in [0.25, 0.3) is 0 Å². The maximum absolute atomic E-state index is 13.1. The maximum Gasteiger partial charge on any atom is 0.251 e. The maximum atomic E-state index is 13.1. The minimum Gasteiger partial charge on any atom is -0.497 e. The zero-order valence-corrected chi connectivity index (χ0v) is 19.1. The van der Waals surface area contributed by atoms with E-state index in [-0.39, 0.29) is 16.8 Å². The highest BCUT2D eigenvalue weighted by Gasteiger charge is 2.26. The third kappa shape index (κ3) is 5.37. The number of carbonyl (C=O) groups is 1. The first-order valence-electron chi connectivity index (χ1n) is 10.5. The molecule has 0 radical (unpaired) electrons. The molecule has 1 saturated heterocycles. The zero-order valence-electron chi connectivity index (χ0n) is 18.3. The molecule has 0 aromatic heterocycles. The van der Waals surface area contributed by atoms with Crippen LogP contribution in [0.5, 0.6) is 11.5 Å². The Hall–Kier alpha value is -2.58. The molecule has 8 heteroatoms. The molecule has 0 spiro atoms. The van der Waals surface area contributed by atoms with Gasteiger partial charge in [-0.3, -0.25) is 4.79 Å². The van der Waals surface area contributed by atoms with E-state index < -0.39 is 10.0 Å². The second kappa shape index (κ2) is 10.2. The van der Waals surface area contributed by atoms with Crippen LogP contribution in [0.1, 0.15) is 54.6 Å². The molecule has 1 amide bonds. The van der Waals surface area contributed by atoms with E-state index in [1.807, 2.05) is 13.0 Å². The quantitative estimate of drug-likeness (QED) is 0.700. The molecule has 0 saturated carbocycles. The van der Waals surface area contributed by atoms with Crippen molar-refractivity contribution < 1.29 is 22.7 Å². The average Bonchev–Trinajstić information content (AvgIpc) is 3.09. The van der Waals surface area contributed by atoms with Crippen LogP contribution in [0.15, 0.2) is 47.4 Å². The number of hydrogen-bond donors (Lipinski definition) is 1. The third-order valence-electron chi connectivity index (χ3n) is 5.55. The SMILES string of the molecule is COc1ccc(OC)c(C(C)NC(=O)c2cccc(S(=O)(=O)N3CCCCCC3)c2)c1. The monoisotopic (exact) mass is 446 g/mol. The molecule has 1 aliphatic rings. The largest absolute Gasteiger partial charge is 0.497 e. The van der Waals surface area contributed by atoms with Gasteiger partial charge in [-0.15, -0.1) is 0 Å². The molecule has 7 nitrogen and oxygen atoms in total. The molecule has 1 unspecified atom stereocenters. The summed E-state index contributed by atoms with van der Waals surface area (Å²) in [7, 11) is -0.484. The molecular weight excluding hydrogens is 416 g/mol. The molecule has 0 aliphatic carbocycles. The van der Waals surface area contributed by atoms with E-state index in [2.05, 4.69) is 5.32 Å². The van der Waals surface area contributed by atoms with Gasteiger partial charge in [0.05, 0.1) is 25.2 Å². The number of amides is 1. The predicted octanol–water partition coefficient (Wildman–Crippen LogP) is 3.76. The first-order chi connectivity index (χ1) is 14.9. The summed E-state index contributed by atoms with van der Waals surface area (Å²) in [6.07, 6.45) is 3.80. The molecule has 31 heavy (non-hydrogen) atoms. The summed E-state index contributed by atoms with van der Waals surface area (Å²) in [6.45, 7) is 2.88. The van der Waals surface area contributed by atoms with E-state index in [9.17, 15) is 13.2 Å². The number of rotatable bonds is 7. The van der Waals surface area contributed by atoms with Crippen LogP contribution >= 0.6 is 0 Å². The summed E-state index contributed by atoms with van der Waals surface area (Å²) in [5.74, 6) is 0.929. The molecule has 2 aromatic carbocycles. The summed E-state index contributed by atoms with van der Waals surface area (Å²) in [5, 5.41) is 2.92. The van der Waals surface area contributed by atoms with Crippen molar-refractivity contribution in [2.24, 2.45) is 0 Å². The van der Waals surface area contributed by atoms with Gasteiger partial charge in [-0.05, 0) is 56.2 Å². The fourth-order valence-electron chi connectivity index (χ4n) is 3.76. The zero-order chi connectivity index (χ0) is 22.4. The Kier molecular flexibility index (Phi) is 7.56. The molecule has 2 aromatic rings. The lowest BCUT2D eigenvalue weighted by Gasteiger charge is -2.21. The highest BCUT2D eigenvalue weighted by atomic mass is 32.2. The van der Waals surface area contributed by atoms with Crippen LogP contribution in [0.4, 0.5) is 0 Å². The molecule has 3 rings (SSSR count). The minimum absolute atomic E-state index is 0.147. The number of benzene rings is 2. The van der Waals surface area contributed by atoms with Gasteiger partial charge in [-0.2, -0.15) is 4.31 Å². The van der Waals surface area contributed by atoms with Crippen LogP contribution in [0, 0.1) is 0 Å². The Morgan fingerprint density at radius 3 is 2.35 bits per heavy atom. The van der Waals surface area contributed by atoms with Gasteiger partial charge in [0.1, 0.15) is 11.5 Å². The van der Waals surface area contributed by atoms with Crippen molar-refractivity contribution >= 4 is 15.9 Å². The van der Waals surface area contributed by atoms with Gasteiger partial charge in [0.25, 0.3) is 5.91 Å². The molecule has 1 heterocycles. The number of carbonyl (C=O) groups excluding carboxylic acids is 1. The van der Waals surface area contributed by atoms with Gasteiger partial charge in [-0.1, -0.05) is 18.9 Å². The molecule has 0 bridgehead atoms. The van der Waals surface area contributed by atoms with E-state index >= 15 is 0 Å². The fourth-order valence-corrected chi connectivity index (χ4v) is 5.33. The summed E-state index contributed by atoms with van der Waals surface area (Å²) >= 11 is 0. The Bertz CT molecular complexity index is 1010. The van der Waals surface area contributed by atoms with Crippen molar-refractivity contribution in [2.45, 2.75) is 43.5 Å². The fraction of sp³-hybridized carbons (Fsp3) is 0.435. The Labute approximate surface area is 184 Å². The lowest BCUT2D eigenvalue weighted by atomic mass is 10.1. The van der Waals surface area contributed by atoms with Crippen LogP contribution in [0.3, 0.4) is 0 Å². The summed E-state index contributed by atoms with van der Waals surface area (Å²) in [4.78, 5) is 13.0. The standard InChI is InChI=1S/C23H30N2O5S/c1-17(21-16-19(29-2)11-12-22(21)30-3)24-23(26)18-9-8-10-20(15-18)31(27,28)25-13-6-4-5-7-14-25/h8-12,15-17H,4-7,13-14H2,1-3H3,(H,24,26). The first kappa shape index (κ1) is 23.1. The van der Waals surface area contributed by atoms with Gasteiger partial charge >= 0.3 is 0 Å². The minimum atomic E-state index is -3.62. The van der Waals surface area contributed by atoms with Crippen molar-refractivity contribution in [1.82, 2.24) is 9.62 Å².